The molecule has 0 spiro atoms. The van der Waals surface area contributed by atoms with Crippen LogP contribution >= 0.6 is 0 Å². The van der Waals surface area contributed by atoms with Gasteiger partial charge in [-0.2, -0.15) is 0 Å². The molecule has 8 nitrogen and oxygen atoms in total. The van der Waals surface area contributed by atoms with E-state index in [1.165, 1.54) is 0 Å². The number of amides is 2. The van der Waals surface area contributed by atoms with Crippen molar-refractivity contribution in [3.8, 4) is 11.1 Å². The average Bonchev–Trinajstić information content (AvgIpc) is 3.08. The van der Waals surface area contributed by atoms with Crippen LogP contribution in [0, 0.1) is 0 Å². The van der Waals surface area contributed by atoms with E-state index in [1.807, 2.05) is 48.5 Å². The van der Waals surface area contributed by atoms with E-state index in [1.54, 1.807) is 6.92 Å². The maximum absolute atomic E-state index is 12.4. The molecule has 0 aromatic heterocycles. The van der Waals surface area contributed by atoms with Gasteiger partial charge in [0.1, 0.15) is 12.6 Å². The maximum Gasteiger partial charge on any atom is 0.407 e. The van der Waals surface area contributed by atoms with Gasteiger partial charge >= 0.3 is 12.1 Å². The molecule has 1 aliphatic rings. The monoisotopic (exact) mass is 426 g/mol. The van der Waals surface area contributed by atoms with Crippen LogP contribution in [0.3, 0.4) is 0 Å². The van der Waals surface area contributed by atoms with Crippen molar-refractivity contribution in [1.82, 2.24) is 10.6 Å². The summed E-state index contributed by atoms with van der Waals surface area (Å²) in [6.45, 7) is 2.41. The maximum atomic E-state index is 12.4. The Morgan fingerprint density at radius 2 is 1.61 bits per heavy atom. The number of ether oxygens (including phenoxy) is 1. The molecular formula is C23H26N2O6. The van der Waals surface area contributed by atoms with Gasteiger partial charge < -0.3 is 25.6 Å². The van der Waals surface area contributed by atoms with Crippen LogP contribution in [-0.2, 0) is 14.3 Å². The lowest BCUT2D eigenvalue weighted by molar-refractivity contribution is -0.156. The number of fused-ring (bicyclic) bond motifs is 3. The fraction of sp³-hybridized carbons (Fsp3) is 0.348. The lowest BCUT2D eigenvalue weighted by atomic mass is 9.98. The molecule has 8 heteroatoms. The number of carbonyl (C=O) groups excluding carboxylic acids is 2. The molecule has 0 fully saturated rings. The summed E-state index contributed by atoms with van der Waals surface area (Å²) >= 11 is 0. The van der Waals surface area contributed by atoms with E-state index >= 15 is 0 Å². The van der Waals surface area contributed by atoms with E-state index < -0.39 is 36.2 Å². The van der Waals surface area contributed by atoms with E-state index in [9.17, 15) is 19.5 Å². The van der Waals surface area contributed by atoms with Gasteiger partial charge in [0.2, 0.25) is 5.91 Å². The molecule has 4 N–H and O–H groups in total. The minimum Gasteiger partial charge on any atom is -0.479 e. The number of alkyl carbamates (subject to hydrolysis) is 1. The quantitative estimate of drug-likeness (QED) is 0.513. The van der Waals surface area contributed by atoms with Gasteiger partial charge in [0, 0.05) is 5.92 Å². The van der Waals surface area contributed by atoms with Crippen molar-refractivity contribution in [3.63, 3.8) is 0 Å². The number of aliphatic carboxylic acids is 1. The Bertz CT molecular complexity index is 942. The molecule has 31 heavy (non-hydrogen) atoms. The fourth-order valence-corrected chi connectivity index (χ4v) is 3.59. The number of carboxylic acids is 1. The zero-order chi connectivity index (χ0) is 22.6. The highest BCUT2D eigenvalue weighted by atomic mass is 16.5. The molecule has 0 bridgehead atoms. The molecule has 2 amide bonds. The van der Waals surface area contributed by atoms with Crippen LogP contribution in [-0.4, -0.2) is 53.0 Å². The van der Waals surface area contributed by atoms with Crippen LogP contribution in [0.1, 0.15) is 37.3 Å². The molecule has 1 unspecified atom stereocenters. The lowest BCUT2D eigenvalue weighted by Crippen LogP contribution is -2.52. The van der Waals surface area contributed by atoms with Gasteiger partial charge in [-0.05, 0) is 35.6 Å². The first kappa shape index (κ1) is 22.3. The number of hydrogen-bond acceptors (Lipinski definition) is 5. The van der Waals surface area contributed by atoms with Crippen LogP contribution in [0.25, 0.3) is 11.1 Å². The van der Waals surface area contributed by atoms with E-state index in [0.717, 1.165) is 29.2 Å². The van der Waals surface area contributed by atoms with E-state index in [0.29, 0.717) is 0 Å². The van der Waals surface area contributed by atoms with Crippen molar-refractivity contribution < 1.29 is 29.3 Å². The van der Waals surface area contributed by atoms with Gasteiger partial charge in [0.25, 0.3) is 0 Å². The first-order chi connectivity index (χ1) is 14.7. The van der Waals surface area contributed by atoms with Gasteiger partial charge in [-0.15, -0.1) is 0 Å². The topological polar surface area (TPSA) is 125 Å². The molecule has 2 aromatic carbocycles. The van der Waals surface area contributed by atoms with Crippen molar-refractivity contribution >= 4 is 18.0 Å². The third-order valence-corrected chi connectivity index (χ3v) is 5.43. The SMILES string of the molecule is CC[C@H](NC(=O)OCC1c2ccccc2-c2ccccc21)C(=O)NCC(C)(O)C(=O)O. The van der Waals surface area contributed by atoms with Crippen LogP contribution in [0.5, 0.6) is 0 Å². The number of benzene rings is 2. The Labute approximate surface area is 180 Å². The van der Waals surface area contributed by atoms with Gasteiger partial charge in [-0.25, -0.2) is 9.59 Å². The number of carbonyl (C=O) groups is 3. The third kappa shape index (κ3) is 4.86. The highest BCUT2D eigenvalue weighted by molar-refractivity contribution is 5.86. The minimum absolute atomic E-state index is 0.0993. The van der Waals surface area contributed by atoms with Crippen LogP contribution < -0.4 is 10.6 Å². The number of carboxylic acid groups (broad SMARTS) is 1. The highest BCUT2D eigenvalue weighted by Gasteiger charge is 2.32. The van der Waals surface area contributed by atoms with Gasteiger partial charge in [-0.3, -0.25) is 4.79 Å². The normalized spacial score (nSPS) is 15.2. The van der Waals surface area contributed by atoms with Gasteiger partial charge in [0.15, 0.2) is 5.60 Å². The predicted octanol–water partition coefficient (Wildman–Crippen LogP) is 2.26. The first-order valence-electron chi connectivity index (χ1n) is 10.1. The van der Waals surface area contributed by atoms with Gasteiger partial charge in [0.05, 0.1) is 6.54 Å². The zero-order valence-electron chi connectivity index (χ0n) is 17.4. The molecule has 0 radical (unpaired) electrons. The number of aliphatic hydroxyl groups is 1. The summed E-state index contributed by atoms with van der Waals surface area (Å²) < 4.78 is 5.43. The Hall–Kier alpha value is -3.39. The van der Waals surface area contributed by atoms with E-state index in [2.05, 4.69) is 10.6 Å². The van der Waals surface area contributed by atoms with Gasteiger partial charge in [-0.1, -0.05) is 55.5 Å². The highest BCUT2D eigenvalue weighted by Crippen LogP contribution is 2.44. The standard InChI is InChI=1S/C23H26N2O6/c1-3-19(20(26)24-13-23(2,30)21(27)28)25-22(29)31-12-18-16-10-6-4-8-14(16)15-9-5-7-11-17(15)18/h4-11,18-19,30H,3,12-13H2,1-2H3,(H,24,26)(H,25,29)(H,27,28)/t19-,23?/m0/s1. The summed E-state index contributed by atoms with van der Waals surface area (Å²) in [6.07, 6.45) is -0.473. The molecule has 2 atom stereocenters. The van der Waals surface area contributed by atoms with Crippen molar-refractivity contribution in [1.29, 1.82) is 0 Å². The second-order valence-corrected chi connectivity index (χ2v) is 7.73. The molecule has 0 saturated carbocycles. The molecule has 0 saturated heterocycles. The Kier molecular flexibility index (Phi) is 6.60. The molecule has 0 aliphatic heterocycles. The molecule has 1 aliphatic carbocycles. The first-order valence-corrected chi connectivity index (χ1v) is 10.1. The second kappa shape index (κ2) is 9.18. The summed E-state index contributed by atoms with van der Waals surface area (Å²) in [5.41, 5.74) is 2.29. The number of rotatable bonds is 8. The summed E-state index contributed by atoms with van der Waals surface area (Å²) in [5.74, 6) is -2.15. The lowest BCUT2D eigenvalue weighted by Gasteiger charge is -2.22. The fourth-order valence-electron chi connectivity index (χ4n) is 3.59. The van der Waals surface area contributed by atoms with Crippen molar-refractivity contribution in [2.75, 3.05) is 13.2 Å². The Morgan fingerprint density at radius 3 is 2.13 bits per heavy atom. The number of hydrogen-bond donors (Lipinski definition) is 4. The minimum atomic E-state index is -2.10. The molecule has 0 heterocycles. The van der Waals surface area contributed by atoms with Crippen molar-refractivity contribution in [2.45, 2.75) is 37.8 Å². The van der Waals surface area contributed by atoms with E-state index in [-0.39, 0.29) is 18.9 Å². The molecule has 2 aromatic rings. The molecule has 164 valence electrons. The zero-order valence-corrected chi connectivity index (χ0v) is 17.4. The van der Waals surface area contributed by atoms with Crippen LogP contribution in [0.4, 0.5) is 4.79 Å². The summed E-state index contributed by atoms with van der Waals surface area (Å²) in [6, 6.07) is 15.0. The average molecular weight is 426 g/mol. The summed E-state index contributed by atoms with van der Waals surface area (Å²) in [5, 5.41) is 23.5. The smallest absolute Gasteiger partial charge is 0.407 e. The predicted molar refractivity (Wildman–Crippen MR) is 114 cm³/mol. The Morgan fingerprint density at radius 1 is 1.06 bits per heavy atom. The van der Waals surface area contributed by atoms with Crippen molar-refractivity contribution in [3.05, 3.63) is 59.7 Å². The molecule has 3 rings (SSSR count). The van der Waals surface area contributed by atoms with Crippen LogP contribution in [0.2, 0.25) is 0 Å². The second-order valence-electron chi connectivity index (χ2n) is 7.73. The van der Waals surface area contributed by atoms with E-state index in [4.69, 9.17) is 9.84 Å². The van der Waals surface area contributed by atoms with Crippen molar-refractivity contribution in [2.24, 2.45) is 0 Å². The van der Waals surface area contributed by atoms with Crippen LogP contribution in [0.15, 0.2) is 48.5 Å². The molecular weight excluding hydrogens is 400 g/mol. The number of nitrogens with one attached hydrogen (secondary N) is 2. The largest absolute Gasteiger partial charge is 0.479 e. The third-order valence-electron chi connectivity index (χ3n) is 5.43. The summed E-state index contributed by atoms with van der Waals surface area (Å²) in [4.78, 5) is 35.6. The Balaban J connectivity index is 1.59. The summed E-state index contributed by atoms with van der Waals surface area (Å²) in [7, 11) is 0.